The van der Waals surface area contributed by atoms with Gasteiger partial charge in [-0.25, -0.2) is 4.79 Å². The van der Waals surface area contributed by atoms with Crippen molar-refractivity contribution in [2.75, 3.05) is 21.2 Å². The molecule has 0 amide bonds. The van der Waals surface area contributed by atoms with E-state index >= 15 is 0 Å². The first-order valence-corrected chi connectivity index (χ1v) is 6.32. The van der Waals surface area contributed by atoms with Gasteiger partial charge in [-0.3, -0.25) is 4.79 Å². The zero-order valence-electron chi connectivity index (χ0n) is 12.1. The highest BCUT2D eigenvalue weighted by Crippen LogP contribution is 2.15. The maximum Gasteiger partial charge on any atom is 0.337 e. The Morgan fingerprint density at radius 1 is 1.35 bits per heavy atom. The number of carbonyl (C=O) groups is 1. The molecule has 0 aliphatic rings. The van der Waals surface area contributed by atoms with E-state index in [9.17, 15) is 9.59 Å². The van der Waals surface area contributed by atoms with Crippen molar-refractivity contribution in [3.05, 3.63) is 45.2 Å². The number of H-pyrrole nitrogens is 1. The second-order valence-corrected chi connectivity index (χ2v) is 5.05. The van der Waals surface area contributed by atoms with Crippen LogP contribution in [-0.2, 0) is 11.3 Å². The molecule has 0 radical (unpaired) electrons. The van der Waals surface area contributed by atoms with Crippen molar-refractivity contribution in [3.63, 3.8) is 0 Å². The summed E-state index contributed by atoms with van der Waals surface area (Å²) in [6.07, 6.45) is 0. The number of nitrogens with one attached hydrogen (secondary N) is 1. The Kier molecular flexibility index (Phi) is 3.90. The number of methoxy groups -OCH3 is 1. The summed E-state index contributed by atoms with van der Waals surface area (Å²) in [7, 11) is 5.14. The first kappa shape index (κ1) is 14.3. The van der Waals surface area contributed by atoms with Gasteiger partial charge in [-0.1, -0.05) is 0 Å². The van der Waals surface area contributed by atoms with Crippen LogP contribution in [0, 0.1) is 6.92 Å². The number of aromatic nitrogens is 1. The molecule has 1 heterocycles. The molecule has 0 spiro atoms. The molecule has 0 unspecified atom stereocenters. The number of aryl methyl sites for hydroxylation is 1. The summed E-state index contributed by atoms with van der Waals surface area (Å²) in [5, 5.41) is 0.510. The van der Waals surface area contributed by atoms with Gasteiger partial charge in [0.15, 0.2) is 5.43 Å². The topological polar surface area (TPSA) is 62.4 Å². The van der Waals surface area contributed by atoms with Crippen LogP contribution in [0.25, 0.3) is 10.9 Å². The monoisotopic (exact) mass is 274 g/mol. The van der Waals surface area contributed by atoms with Crippen LogP contribution in [0.2, 0.25) is 0 Å². The first-order chi connectivity index (χ1) is 9.43. The molecule has 0 aliphatic heterocycles. The van der Waals surface area contributed by atoms with Crippen molar-refractivity contribution in [1.82, 2.24) is 9.88 Å². The van der Waals surface area contributed by atoms with Gasteiger partial charge in [-0.15, -0.1) is 0 Å². The predicted molar refractivity (Wildman–Crippen MR) is 78.0 cm³/mol. The van der Waals surface area contributed by atoms with Gasteiger partial charge in [0.2, 0.25) is 0 Å². The molecule has 106 valence electrons. The fourth-order valence-corrected chi connectivity index (χ4v) is 2.20. The number of aromatic amines is 1. The van der Waals surface area contributed by atoms with Crippen LogP contribution in [0.5, 0.6) is 0 Å². The lowest BCUT2D eigenvalue weighted by Crippen LogP contribution is -2.21. The molecule has 0 saturated heterocycles. The number of benzene rings is 1. The lowest BCUT2D eigenvalue weighted by atomic mass is 10.1. The maximum absolute atomic E-state index is 12.5. The van der Waals surface area contributed by atoms with Crippen LogP contribution in [0.4, 0.5) is 0 Å². The number of hydrogen-bond acceptors (Lipinski definition) is 4. The third kappa shape index (κ3) is 2.58. The van der Waals surface area contributed by atoms with Crippen molar-refractivity contribution in [3.8, 4) is 0 Å². The summed E-state index contributed by atoms with van der Waals surface area (Å²) in [6, 6.07) is 4.96. The Labute approximate surface area is 117 Å². The summed E-state index contributed by atoms with van der Waals surface area (Å²) < 4.78 is 4.68. The Morgan fingerprint density at radius 2 is 2.05 bits per heavy atom. The average Bonchev–Trinajstić information content (AvgIpc) is 2.42. The average molecular weight is 274 g/mol. The molecule has 2 rings (SSSR count). The van der Waals surface area contributed by atoms with Gasteiger partial charge in [-0.2, -0.15) is 0 Å². The Morgan fingerprint density at radius 3 is 2.65 bits per heavy atom. The number of rotatable bonds is 3. The highest BCUT2D eigenvalue weighted by molar-refractivity contribution is 5.94. The molecule has 0 fully saturated rings. The minimum Gasteiger partial charge on any atom is -0.465 e. The minimum absolute atomic E-state index is 0.0456. The molecule has 2 aromatic rings. The number of pyridine rings is 1. The van der Waals surface area contributed by atoms with Crippen LogP contribution in [-0.4, -0.2) is 37.1 Å². The van der Waals surface area contributed by atoms with E-state index < -0.39 is 5.97 Å². The van der Waals surface area contributed by atoms with Gasteiger partial charge >= 0.3 is 5.97 Å². The van der Waals surface area contributed by atoms with E-state index in [0.717, 1.165) is 11.2 Å². The van der Waals surface area contributed by atoms with E-state index in [1.165, 1.54) is 7.11 Å². The van der Waals surface area contributed by atoms with E-state index in [2.05, 4.69) is 9.72 Å². The van der Waals surface area contributed by atoms with Crippen molar-refractivity contribution < 1.29 is 9.53 Å². The van der Waals surface area contributed by atoms with Crippen molar-refractivity contribution in [2.45, 2.75) is 13.5 Å². The summed E-state index contributed by atoms with van der Waals surface area (Å²) >= 11 is 0. The molecule has 0 atom stereocenters. The van der Waals surface area contributed by atoms with E-state index in [1.807, 2.05) is 25.9 Å². The van der Waals surface area contributed by atoms with E-state index in [-0.39, 0.29) is 5.43 Å². The highest BCUT2D eigenvalue weighted by atomic mass is 16.5. The molecule has 0 saturated carbocycles. The Bertz CT molecular complexity index is 717. The van der Waals surface area contributed by atoms with Crippen LogP contribution in [0.15, 0.2) is 23.0 Å². The summed E-state index contributed by atoms with van der Waals surface area (Å²) in [4.78, 5) is 29.3. The third-order valence-corrected chi connectivity index (χ3v) is 3.21. The standard InChI is InChI=1S/C15H18N2O3/c1-9-12(8-17(2)3)14(18)11-7-10(15(19)20-4)5-6-13(11)16-9/h5-7H,8H2,1-4H3,(H,16,18). The fraction of sp³-hybridized carbons (Fsp3) is 0.333. The lowest BCUT2D eigenvalue weighted by molar-refractivity contribution is 0.0601. The number of ether oxygens (including phenoxy) is 1. The second kappa shape index (κ2) is 5.46. The Hall–Kier alpha value is -2.14. The van der Waals surface area contributed by atoms with E-state index in [1.54, 1.807) is 18.2 Å². The minimum atomic E-state index is -0.443. The van der Waals surface area contributed by atoms with Crippen LogP contribution in [0.1, 0.15) is 21.6 Å². The number of nitrogens with zero attached hydrogens (tertiary/aromatic N) is 1. The quantitative estimate of drug-likeness (QED) is 0.865. The van der Waals surface area contributed by atoms with Crippen LogP contribution >= 0.6 is 0 Å². The van der Waals surface area contributed by atoms with E-state index in [4.69, 9.17) is 0 Å². The molecule has 1 N–H and O–H groups in total. The number of carbonyl (C=O) groups excluding carboxylic acids is 1. The summed E-state index contributed by atoms with van der Waals surface area (Å²) in [5.74, 6) is -0.443. The molecule has 0 bridgehead atoms. The van der Waals surface area contributed by atoms with Crippen molar-refractivity contribution in [1.29, 1.82) is 0 Å². The van der Waals surface area contributed by atoms with Gasteiger partial charge in [0.05, 0.1) is 12.7 Å². The molecule has 1 aromatic heterocycles. The smallest absolute Gasteiger partial charge is 0.337 e. The fourth-order valence-electron chi connectivity index (χ4n) is 2.20. The molecular weight excluding hydrogens is 256 g/mol. The van der Waals surface area contributed by atoms with Crippen molar-refractivity contribution >= 4 is 16.9 Å². The summed E-state index contributed by atoms with van der Waals surface area (Å²) in [6.45, 7) is 2.44. The molecule has 0 aliphatic carbocycles. The van der Waals surface area contributed by atoms with Gasteiger partial charge in [0.1, 0.15) is 0 Å². The van der Waals surface area contributed by atoms with Gasteiger partial charge in [-0.05, 0) is 39.2 Å². The van der Waals surface area contributed by atoms with E-state index in [0.29, 0.717) is 23.1 Å². The van der Waals surface area contributed by atoms with Gasteiger partial charge in [0, 0.05) is 28.7 Å². The third-order valence-electron chi connectivity index (χ3n) is 3.21. The normalized spacial score (nSPS) is 11.1. The summed E-state index contributed by atoms with van der Waals surface area (Å²) in [5.41, 5.74) is 2.62. The van der Waals surface area contributed by atoms with Gasteiger partial charge in [0.25, 0.3) is 0 Å². The highest BCUT2D eigenvalue weighted by Gasteiger charge is 2.13. The largest absolute Gasteiger partial charge is 0.465 e. The zero-order chi connectivity index (χ0) is 14.9. The van der Waals surface area contributed by atoms with Crippen LogP contribution in [0.3, 0.4) is 0 Å². The Balaban J connectivity index is 2.68. The van der Waals surface area contributed by atoms with Crippen molar-refractivity contribution in [2.24, 2.45) is 0 Å². The maximum atomic E-state index is 12.5. The first-order valence-electron chi connectivity index (χ1n) is 6.32. The lowest BCUT2D eigenvalue weighted by Gasteiger charge is -2.13. The zero-order valence-corrected chi connectivity index (χ0v) is 12.1. The molecule has 1 aromatic carbocycles. The van der Waals surface area contributed by atoms with Gasteiger partial charge < -0.3 is 14.6 Å². The number of hydrogen-bond donors (Lipinski definition) is 1. The molecule has 5 nitrogen and oxygen atoms in total. The SMILES string of the molecule is COC(=O)c1ccc2[nH]c(C)c(CN(C)C)c(=O)c2c1. The van der Waals surface area contributed by atoms with Crippen LogP contribution < -0.4 is 5.43 Å². The second-order valence-electron chi connectivity index (χ2n) is 5.05. The number of fused-ring (bicyclic) bond motifs is 1. The molecule has 5 heteroatoms. The molecular formula is C15H18N2O3. The molecule has 20 heavy (non-hydrogen) atoms. The predicted octanol–water partition coefficient (Wildman–Crippen LogP) is 1.68. The number of esters is 1.